The summed E-state index contributed by atoms with van der Waals surface area (Å²) in [6.07, 6.45) is 0. The number of benzene rings is 2. The van der Waals surface area contributed by atoms with Crippen LogP contribution in [0.3, 0.4) is 0 Å². The average Bonchev–Trinajstić information content (AvgIpc) is 2.47. The summed E-state index contributed by atoms with van der Waals surface area (Å²) in [7, 11) is 20.1. The Bertz CT molecular complexity index is 593. The van der Waals surface area contributed by atoms with Crippen LogP contribution in [0.1, 0.15) is 13.8 Å². The fourth-order valence-corrected chi connectivity index (χ4v) is 1.55. The molecule has 0 amide bonds. The quantitative estimate of drug-likeness (QED) is 0.363. The van der Waals surface area contributed by atoms with Crippen LogP contribution in [0.5, 0.6) is 0 Å². The molecule has 0 saturated carbocycles. The van der Waals surface area contributed by atoms with Crippen LogP contribution in [0.25, 0.3) is 0 Å². The third-order valence-corrected chi connectivity index (χ3v) is 2.63. The van der Waals surface area contributed by atoms with Gasteiger partial charge in [-0.25, -0.2) is 0 Å². The molecule has 7 heteroatoms. The molecule has 0 N–H and O–H groups in total. The molecule has 0 saturated heterocycles. The van der Waals surface area contributed by atoms with E-state index in [0.29, 0.717) is 0 Å². The number of nitrogens with zero attached hydrogens (tertiary/aromatic N) is 2. The van der Waals surface area contributed by atoms with Crippen LogP contribution in [0.4, 0.5) is 11.4 Å². The van der Waals surface area contributed by atoms with E-state index in [-0.39, 0.29) is 0 Å². The summed E-state index contributed by atoms with van der Waals surface area (Å²) in [4.78, 5) is 9.08. The van der Waals surface area contributed by atoms with Crippen LogP contribution in [0.15, 0.2) is 70.6 Å². The van der Waals surface area contributed by atoms with Crippen LogP contribution in [0.2, 0.25) is 0 Å². The summed E-state index contributed by atoms with van der Waals surface area (Å²) >= 11 is -3.11. The van der Waals surface area contributed by atoms with Gasteiger partial charge in [0.25, 0.3) is 0 Å². The third-order valence-electron chi connectivity index (χ3n) is 2.63. The Balaban J connectivity index is 0.000000463. The second kappa shape index (κ2) is 10.5. The molecule has 2 nitrogen and oxygen atoms in total. The Hall–Kier alpha value is -0.346. The van der Waals surface area contributed by atoms with Gasteiger partial charge in [-0.3, -0.25) is 9.98 Å². The zero-order valence-electron chi connectivity index (χ0n) is 12.7. The van der Waals surface area contributed by atoms with Crippen molar-refractivity contribution < 1.29 is 12.3 Å². The first-order valence-electron chi connectivity index (χ1n) is 6.72. The van der Waals surface area contributed by atoms with Crippen molar-refractivity contribution in [2.45, 2.75) is 13.8 Å². The molecule has 2 aromatic carbocycles. The fourth-order valence-electron chi connectivity index (χ4n) is 1.55. The van der Waals surface area contributed by atoms with Crippen molar-refractivity contribution in [1.29, 1.82) is 0 Å². The molecule has 23 heavy (non-hydrogen) atoms. The molecule has 0 heterocycles. The second-order valence-corrected chi connectivity index (χ2v) is 20.0. The Morgan fingerprint density at radius 3 is 1.17 bits per heavy atom. The fraction of sp³-hybridized carbons (Fsp3) is 0.125. The number of rotatable bonds is 3. The second-order valence-electron chi connectivity index (χ2n) is 4.49. The summed E-state index contributed by atoms with van der Waals surface area (Å²) in [5.41, 5.74) is 3.78. The Kier molecular flexibility index (Phi) is 9.45. The molecule has 0 fully saturated rings. The average molecular weight is 426 g/mol. The Morgan fingerprint density at radius 2 is 0.913 bits per heavy atom. The van der Waals surface area contributed by atoms with Gasteiger partial charge in [0, 0.05) is 0 Å². The minimum absolute atomic E-state index is 0.935. The van der Waals surface area contributed by atoms with E-state index in [2.05, 4.69) is 9.98 Å². The molecule has 2 rings (SSSR count). The molecule has 122 valence electrons. The molecular formula is C16H16Cl4N2Ti. The molecule has 0 unspecified atom stereocenters. The molecule has 0 aliphatic heterocycles. The van der Waals surface area contributed by atoms with E-state index in [9.17, 15) is 0 Å². The number of halogens is 4. The monoisotopic (exact) mass is 424 g/mol. The Morgan fingerprint density at radius 1 is 0.652 bits per heavy atom. The van der Waals surface area contributed by atoms with Crippen molar-refractivity contribution in [2.24, 2.45) is 9.98 Å². The maximum atomic E-state index is 5.01. The van der Waals surface area contributed by atoms with Crippen molar-refractivity contribution in [2.75, 3.05) is 0 Å². The van der Waals surface area contributed by atoms with E-state index >= 15 is 0 Å². The predicted molar refractivity (Wildman–Crippen MR) is 102 cm³/mol. The van der Waals surface area contributed by atoms with Crippen LogP contribution in [0, 0.1) is 0 Å². The van der Waals surface area contributed by atoms with E-state index in [0.717, 1.165) is 22.8 Å². The van der Waals surface area contributed by atoms with Gasteiger partial charge in [-0.2, -0.15) is 0 Å². The molecule has 0 bridgehead atoms. The van der Waals surface area contributed by atoms with Gasteiger partial charge in [0.05, 0.1) is 22.8 Å². The van der Waals surface area contributed by atoms with Gasteiger partial charge in [0.15, 0.2) is 0 Å². The molecule has 2 aromatic rings. The van der Waals surface area contributed by atoms with E-state index in [4.69, 9.17) is 37.2 Å². The predicted octanol–water partition coefficient (Wildman–Crippen LogP) is 7.33. The first kappa shape index (κ1) is 20.7. The van der Waals surface area contributed by atoms with Gasteiger partial charge in [-0.15, -0.1) is 0 Å². The molecule has 0 aliphatic rings. The maximum absolute atomic E-state index is 5.01. The summed E-state index contributed by atoms with van der Waals surface area (Å²) < 4.78 is 0. The van der Waals surface area contributed by atoms with E-state index < -0.39 is 12.3 Å². The van der Waals surface area contributed by atoms with E-state index in [1.165, 1.54) is 0 Å². The van der Waals surface area contributed by atoms with Crippen molar-refractivity contribution in [3.8, 4) is 0 Å². The van der Waals surface area contributed by atoms with Gasteiger partial charge in [0.2, 0.25) is 0 Å². The Labute approximate surface area is 156 Å². The van der Waals surface area contributed by atoms with Gasteiger partial charge >= 0.3 is 49.6 Å². The zero-order valence-corrected chi connectivity index (χ0v) is 17.3. The van der Waals surface area contributed by atoms with Gasteiger partial charge in [-0.1, -0.05) is 36.4 Å². The molecule has 0 radical (unpaired) electrons. The van der Waals surface area contributed by atoms with Crippen molar-refractivity contribution in [1.82, 2.24) is 0 Å². The van der Waals surface area contributed by atoms with Crippen LogP contribution < -0.4 is 0 Å². The topological polar surface area (TPSA) is 24.7 Å². The van der Waals surface area contributed by atoms with Crippen molar-refractivity contribution in [3.63, 3.8) is 0 Å². The van der Waals surface area contributed by atoms with Crippen LogP contribution >= 0.6 is 37.2 Å². The number of aliphatic imine (C=N–C) groups is 2. The normalized spacial score (nSPS) is 12.4. The molecule has 0 aliphatic carbocycles. The standard InChI is InChI=1S/C16H16N2.4ClH.Ti/c1-13(17-15-9-5-3-6-10-15)14(2)18-16-11-7-4-8-12-16;;;;;/h3-12H,1-2H3;4*1H;/q;;;;;+4/p-4. The SMILES string of the molecule is CC(=Nc1ccccc1)C(C)=Nc1ccccc1.[Cl][Ti]([Cl])([Cl])[Cl]. The number of hydrogen-bond acceptors (Lipinski definition) is 2. The number of hydrogen-bond donors (Lipinski definition) is 0. The number of para-hydroxylation sites is 2. The molecule has 0 spiro atoms. The van der Waals surface area contributed by atoms with Crippen LogP contribution in [-0.4, -0.2) is 11.4 Å². The first-order valence-corrected chi connectivity index (χ1v) is 15.3. The summed E-state index contributed by atoms with van der Waals surface area (Å²) in [6.45, 7) is 3.96. The van der Waals surface area contributed by atoms with E-state index in [1.54, 1.807) is 0 Å². The third kappa shape index (κ3) is 10.9. The zero-order chi connectivity index (χ0) is 17.3. The molecule has 0 atom stereocenters. The first-order chi connectivity index (χ1) is 10.8. The summed E-state index contributed by atoms with van der Waals surface area (Å²) in [5, 5.41) is 0. The summed E-state index contributed by atoms with van der Waals surface area (Å²) in [5.74, 6) is 0. The van der Waals surface area contributed by atoms with Crippen LogP contribution in [-0.2, 0) is 12.3 Å². The molecule has 0 aromatic heterocycles. The van der Waals surface area contributed by atoms with Gasteiger partial charge < -0.3 is 0 Å². The molecular weight excluding hydrogens is 410 g/mol. The van der Waals surface area contributed by atoms with Gasteiger partial charge in [0.1, 0.15) is 0 Å². The van der Waals surface area contributed by atoms with E-state index in [1.807, 2.05) is 74.5 Å². The van der Waals surface area contributed by atoms with Gasteiger partial charge in [-0.05, 0) is 38.1 Å². The van der Waals surface area contributed by atoms with Crippen molar-refractivity contribution >= 4 is 60.0 Å². The van der Waals surface area contributed by atoms with Crippen molar-refractivity contribution in [3.05, 3.63) is 60.7 Å². The summed E-state index contributed by atoms with van der Waals surface area (Å²) in [6, 6.07) is 19.8. The minimum atomic E-state index is -3.11.